The summed E-state index contributed by atoms with van der Waals surface area (Å²) >= 11 is 1.70. The van der Waals surface area contributed by atoms with E-state index in [2.05, 4.69) is 16.8 Å². The van der Waals surface area contributed by atoms with Gasteiger partial charge < -0.3 is 10.2 Å². The van der Waals surface area contributed by atoms with Crippen LogP contribution < -0.4 is 10.2 Å². The summed E-state index contributed by atoms with van der Waals surface area (Å²) in [7, 11) is 0. The Labute approximate surface area is 150 Å². The van der Waals surface area contributed by atoms with Crippen LogP contribution in [0.3, 0.4) is 0 Å². The van der Waals surface area contributed by atoms with E-state index in [-0.39, 0.29) is 29.2 Å². The van der Waals surface area contributed by atoms with Crippen LogP contribution in [0.2, 0.25) is 0 Å². The number of carbonyl (C=O) groups is 1. The molecule has 0 aliphatic carbocycles. The van der Waals surface area contributed by atoms with Crippen LogP contribution in [0, 0.1) is 10.1 Å². The summed E-state index contributed by atoms with van der Waals surface area (Å²) in [6, 6.07) is 10.3. The highest BCUT2D eigenvalue weighted by molar-refractivity contribution is 7.10. The van der Waals surface area contributed by atoms with E-state index in [1.54, 1.807) is 23.5 Å². The molecule has 0 spiro atoms. The zero-order valence-electron chi connectivity index (χ0n) is 14.1. The number of para-hydroxylation sites is 1. The third-order valence-corrected chi connectivity index (χ3v) is 5.69. The second kappa shape index (κ2) is 7.76. The van der Waals surface area contributed by atoms with Gasteiger partial charge in [0.15, 0.2) is 0 Å². The molecule has 1 aromatic heterocycles. The zero-order valence-corrected chi connectivity index (χ0v) is 14.9. The van der Waals surface area contributed by atoms with Gasteiger partial charge in [-0.2, -0.15) is 0 Å². The highest BCUT2D eigenvalue weighted by Crippen LogP contribution is 2.22. The van der Waals surface area contributed by atoms with E-state index in [4.69, 9.17) is 0 Å². The van der Waals surface area contributed by atoms with E-state index in [9.17, 15) is 14.9 Å². The van der Waals surface area contributed by atoms with Crippen LogP contribution in [0.15, 0.2) is 41.8 Å². The summed E-state index contributed by atoms with van der Waals surface area (Å²) < 4.78 is 0. The van der Waals surface area contributed by atoms with Crippen LogP contribution in [-0.2, 0) is 0 Å². The molecule has 2 N–H and O–H groups in total. The van der Waals surface area contributed by atoms with Crippen LogP contribution >= 0.6 is 11.3 Å². The number of thiophene rings is 1. The van der Waals surface area contributed by atoms with Gasteiger partial charge in [-0.3, -0.25) is 14.9 Å². The molecule has 3 rings (SSSR count). The van der Waals surface area contributed by atoms with E-state index in [0.29, 0.717) is 0 Å². The summed E-state index contributed by atoms with van der Waals surface area (Å²) in [6.07, 6.45) is 2.39. The molecule has 1 aliphatic heterocycles. The van der Waals surface area contributed by atoms with Crippen molar-refractivity contribution in [2.45, 2.75) is 31.8 Å². The van der Waals surface area contributed by atoms with Crippen LogP contribution in [-0.4, -0.2) is 30.0 Å². The first-order valence-corrected chi connectivity index (χ1v) is 9.38. The number of nitro benzene ring substituents is 1. The Morgan fingerprint density at radius 2 is 1.96 bits per heavy atom. The highest BCUT2D eigenvalue weighted by atomic mass is 32.1. The molecule has 132 valence electrons. The number of benzene rings is 1. The van der Waals surface area contributed by atoms with Crippen LogP contribution in [0.4, 0.5) is 5.69 Å². The summed E-state index contributed by atoms with van der Waals surface area (Å²) in [5.74, 6) is -0.389. The van der Waals surface area contributed by atoms with E-state index < -0.39 is 4.92 Å². The number of nitrogens with one attached hydrogen (secondary N) is 2. The van der Waals surface area contributed by atoms with Gasteiger partial charge >= 0.3 is 0 Å². The fourth-order valence-electron chi connectivity index (χ4n) is 3.60. The Bertz CT molecular complexity index is 742. The predicted octanol–water partition coefficient (Wildman–Crippen LogP) is 2.19. The van der Waals surface area contributed by atoms with Crippen molar-refractivity contribution in [2.75, 3.05) is 13.1 Å². The SMILES string of the molecule is C[C@@H](NC(=O)c1ccccc1[N+](=O)[O-])[C@H](c1cccs1)[NH+]1CCCC1. The molecule has 2 heterocycles. The monoisotopic (exact) mass is 360 g/mol. The van der Waals surface area contributed by atoms with Gasteiger partial charge in [0.1, 0.15) is 11.6 Å². The van der Waals surface area contributed by atoms with Crippen molar-refractivity contribution in [3.8, 4) is 0 Å². The van der Waals surface area contributed by atoms with Crippen molar-refractivity contribution in [3.63, 3.8) is 0 Å². The Morgan fingerprint density at radius 1 is 1.24 bits per heavy atom. The van der Waals surface area contributed by atoms with Crippen molar-refractivity contribution in [1.82, 2.24) is 5.32 Å². The summed E-state index contributed by atoms with van der Waals surface area (Å²) in [4.78, 5) is 26.0. The molecule has 0 saturated carbocycles. The van der Waals surface area contributed by atoms with Crippen LogP contribution in [0.5, 0.6) is 0 Å². The molecular weight excluding hydrogens is 338 g/mol. The lowest BCUT2D eigenvalue weighted by molar-refractivity contribution is -0.920. The molecule has 7 heteroatoms. The lowest BCUT2D eigenvalue weighted by atomic mass is 10.1. The van der Waals surface area contributed by atoms with Gasteiger partial charge in [-0.1, -0.05) is 18.2 Å². The molecule has 0 unspecified atom stereocenters. The summed E-state index contributed by atoms with van der Waals surface area (Å²) in [6.45, 7) is 4.17. The third-order valence-electron chi connectivity index (χ3n) is 4.74. The number of nitrogens with zero attached hydrogens (tertiary/aromatic N) is 1. The lowest BCUT2D eigenvalue weighted by Gasteiger charge is -2.29. The van der Waals surface area contributed by atoms with Crippen molar-refractivity contribution in [3.05, 3.63) is 62.3 Å². The van der Waals surface area contributed by atoms with E-state index >= 15 is 0 Å². The number of likely N-dealkylation sites (tertiary alicyclic amines) is 1. The van der Waals surface area contributed by atoms with Crippen molar-refractivity contribution in [2.24, 2.45) is 0 Å². The lowest BCUT2D eigenvalue weighted by Crippen LogP contribution is -3.11. The largest absolute Gasteiger partial charge is 0.343 e. The molecular formula is C18H22N3O3S+. The first kappa shape index (κ1) is 17.6. The van der Waals surface area contributed by atoms with E-state index in [0.717, 1.165) is 13.1 Å². The van der Waals surface area contributed by atoms with Gasteiger partial charge in [0, 0.05) is 18.9 Å². The van der Waals surface area contributed by atoms with Crippen LogP contribution in [0.25, 0.3) is 0 Å². The van der Waals surface area contributed by atoms with Gasteiger partial charge in [0.2, 0.25) is 0 Å². The topological polar surface area (TPSA) is 76.7 Å². The molecule has 1 saturated heterocycles. The maximum atomic E-state index is 12.6. The number of amides is 1. The first-order chi connectivity index (χ1) is 12.1. The van der Waals surface area contributed by atoms with Crippen molar-refractivity contribution >= 4 is 22.9 Å². The highest BCUT2D eigenvalue weighted by Gasteiger charge is 2.34. The van der Waals surface area contributed by atoms with Crippen LogP contribution in [0.1, 0.15) is 41.0 Å². The van der Waals surface area contributed by atoms with Gasteiger partial charge in [-0.15, -0.1) is 11.3 Å². The van der Waals surface area contributed by atoms with Gasteiger partial charge in [-0.25, -0.2) is 0 Å². The number of nitro groups is 1. The molecule has 25 heavy (non-hydrogen) atoms. The molecule has 1 fully saturated rings. The molecule has 6 nitrogen and oxygen atoms in total. The number of rotatable bonds is 6. The molecule has 0 bridgehead atoms. The summed E-state index contributed by atoms with van der Waals surface area (Å²) in [5, 5.41) is 16.2. The minimum Gasteiger partial charge on any atom is -0.343 e. The third kappa shape index (κ3) is 3.88. The molecule has 1 amide bonds. The van der Waals surface area contributed by atoms with E-state index in [1.807, 2.05) is 13.0 Å². The minimum atomic E-state index is -0.512. The second-order valence-corrected chi connectivity index (χ2v) is 7.37. The van der Waals surface area contributed by atoms with E-state index in [1.165, 1.54) is 34.8 Å². The van der Waals surface area contributed by atoms with Crippen molar-refractivity contribution < 1.29 is 14.6 Å². The predicted molar refractivity (Wildman–Crippen MR) is 97.0 cm³/mol. The quantitative estimate of drug-likeness (QED) is 0.612. The average Bonchev–Trinajstić information content (AvgIpc) is 3.29. The molecule has 2 aromatic rings. The fraction of sp³-hybridized carbons (Fsp3) is 0.389. The molecule has 2 atom stereocenters. The Balaban J connectivity index is 1.80. The first-order valence-electron chi connectivity index (χ1n) is 8.50. The van der Waals surface area contributed by atoms with Gasteiger partial charge in [-0.05, 0) is 24.4 Å². The normalized spacial score (nSPS) is 17.2. The van der Waals surface area contributed by atoms with Gasteiger partial charge in [0.25, 0.3) is 11.6 Å². The second-order valence-electron chi connectivity index (χ2n) is 6.39. The Morgan fingerprint density at radius 3 is 2.60 bits per heavy atom. The maximum absolute atomic E-state index is 12.6. The number of carbonyl (C=O) groups excluding carboxylic acids is 1. The summed E-state index contributed by atoms with van der Waals surface area (Å²) in [5.41, 5.74) is -0.0471. The molecule has 1 aromatic carbocycles. The fourth-order valence-corrected chi connectivity index (χ4v) is 4.59. The smallest absolute Gasteiger partial charge is 0.282 e. The molecule has 0 radical (unpaired) electrons. The average molecular weight is 360 g/mol. The number of hydrogen-bond acceptors (Lipinski definition) is 4. The van der Waals surface area contributed by atoms with Crippen molar-refractivity contribution in [1.29, 1.82) is 0 Å². The minimum absolute atomic E-state index is 0.112. The molecule has 1 aliphatic rings. The number of hydrogen-bond donors (Lipinski definition) is 2. The maximum Gasteiger partial charge on any atom is 0.282 e. The standard InChI is InChI=1S/C18H21N3O3S/c1-13(17(16-9-6-12-25-16)20-10-4-5-11-20)19-18(22)14-7-2-3-8-15(14)21(23)24/h2-3,6-9,12-13,17H,4-5,10-11H2,1H3,(H,19,22)/p+1/t13-,17-/m1/s1. The Kier molecular flexibility index (Phi) is 5.45. The number of quaternary nitrogens is 1. The zero-order chi connectivity index (χ0) is 17.8. The van der Waals surface area contributed by atoms with Gasteiger partial charge in [0.05, 0.1) is 28.9 Å². The Hall–Kier alpha value is -2.25.